The van der Waals surface area contributed by atoms with E-state index in [1.165, 1.54) is 10.4 Å². The minimum Gasteiger partial charge on any atom is -0.304 e. The van der Waals surface area contributed by atoms with Crippen LogP contribution in [0.4, 0.5) is 0 Å². The highest BCUT2D eigenvalue weighted by atomic mass is 35.5. The van der Waals surface area contributed by atoms with Crippen molar-refractivity contribution < 1.29 is 0 Å². The summed E-state index contributed by atoms with van der Waals surface area (Å²) in [6.45, 7) is 5.02. The fraction of sp³-hybridized carbons (Fsp3) is 0.364. The molecule has 0 spiro atoms. The molecule has 1 unspecified atom stereocenters. The predicted molar refractivity (Wildman–Crippen MR) is 71.4 cm³/mol. The summed E-state index contributed by atoms with van der Waals surface area (Å²) in [6, 6.07) is 2.32. The van der Waals surface area contributed by atoms with Crippen LogP contribution in [0.2, 0.25) is 4.34 Å². The van der Waals surface area contributed by atoms with Crippen LogP contribution in [0.25, 0.3) is 0 Å². The zero-order valence-corrected chi connectivity index (χ0v) is 11.5. The number of thiophene rings is 1. The summed E-state index contributed by atoms with van der Waals surface area (Å²) in [5.41, 5.74) is 1.24. The van der Waals surface area contributed by atoms with Crippen molar-refractivity contribution in [3.63, 3.8) is 0 Å². The first-order valence-electron chi connectivity index (χ1n) is 5.04. The van der Waals surface area contributed by atoms with E-state index in [0.717, 1.165) is 15.9 Å². The zero-order chi connectivity index (χ0) is 11.5. The average Bonchev–Trinajstić information content (AvgIpc) is 2.84. The largest absolute Gasteiger partial charge is 0.304 e. The van der Waals surface area contributed by atoms with E-state index in [2.05, 4.69) is 29.5 Å². The highest BCUT2D eigenvalue weighted by Crippen LogP contribution is 2.25. The molecule has 5 heteroatoms. The molecule has 16 heavy (non-hydrogen) atoms. The summed E-state index contributed by atoms with van der Waals surface area (Å²) in [7, 11) is 0. The Morgan fingerprint density at radius 1 is 1.56 bits per heavy atom. The number of nitrogens with one attached hydrogen (secondary N) is 1. The Labute approximate surface area is 108 Å². The van der Waals surface area contributed by atoms with Crippen LogP contribution < -0.4 is 5.32 Å². The maximum atomic E-state index is 5.91. The molecule has 86 valence electrons. The van der Waals surface area contributed by atoms with Crippen molar-refractivity contribution in [2.45, 2.75) is 26.4 Å². The highest BCUT2D eigenvalue weighted by molar-refractivity contribution is 7.14. The quantitative estimate of drug-likeness (QED) is 0.909. The van der Waals surface area contributed by atoms with Crippen molar-refractivity contribution in [2.24, 2.45) is 0 Å². The van der Waals surface area contributed by atoms with Gasteiger partial charge in [-0.1, -0.05) is 11.6 Å². The van der Waals surface area contributed by atoms with Crippen LogP contribution >= 0.6 is 34.3 Å². The Bertz CT molecular complexity index is 464. The van der Waals surface area contributed by atoms with Gasteiger partial charge in [-0.2, -0.15) is 0 Å². The fourth-order valence-corrected chi connectivity index (χ4v) is 3.11. The first kappa shape index (κ1) is 12.0. The Morgan fingerprint density at radius 3 is 2.94 bits per heavy atom. The second kappa shape index (κ2) is 5.27. The molecule has 2 aromatic heterocycles. The molecule has 2 nitrogen and oxygen atoms in total. The zero-order valence-electron chi connectivity index (χ0n) is 9.16. The van der Waals surface area contributed by atoms with Crippen LogP contribution in [0.5, 0.6) is 0 Å². The fourth-order valence-electron chi connectivity index (χ4n) is 1.39. The third-order valence-corrected chi connectivity index (χ3v) is 4.34. The van der Waals surface area contributed by atoms with Crippen molar-refractivity contribution in [1.29, 1.82) is 0 Å². The minimum absolute atomic E-state index is 0.313. The van der Waals surface area contributed by atoms with Crippen molar-refractivity contribution in [3.8, 4) is 0 Å². The molecule has 0 aromatic carbocycles. The molecule has 0 aliphatic carbocycles. The molecule has 1 atom stereocenters. The summed E-state index contributed by atoms with van der Waals surface area (Å²) in [4.78, 5) is 5.57. The number of hydrogen-bond acceptors (Lipinski definition) is 4. The Kier molecular flexibility index (Phi) is 3.97. The SMILES string of the molecule is Cc1cnc(CNC(C)c2csc(Cl)c2)s1. The van der Waals surface area contributed by atoms with Crippen molar-refractivity contribution >= 4 is 34.3 Å². The lowest BCUT2D eigenvalue weighted by Gasteiger charge is -2.10. The summed E-state index contributed by atoms with van der Waals surface area (Å²) >= 11 is 9.21. The Balaban J connectivity index is 1.91. The molecule has 2 rings (SSSR count). The predicted octanol–water partition coefficient (Wildman–Crippen LogP) is 4.02. The normalized spacial score (nSPS) is 12.9. The smallest absolute Gasteiger partial charge is 0.107 e. The van der Waals surface area contributed by atoms with Crippen LogP contribution in [0, 0.1) is 6.92 Å². The van der Waals surface area contributed by atoms with Crippen molar-refractivity contribution in [3.05, 3.63) is 37.4 Å². The van der Waals surface area contributed by atoms with Crippen LogP contribution in [0.1, 0.15) is 28.4 Å². The van der Waals surface area contributed by atoms with E-state index in [1.807, 2.05) is 12.3 Å². The van der Waals surface area contributed by atoms with E-state index >= 15 is 0 Å². The average molecular weight is 273 g/mol. The maximum Gasteiger partial charge on any atom is 0.107 e. The van der Waals surface area contributed by atoms with Crippen LogP contribution in [0.15, 0.2) is 17.6 Å². The van der Waals surface area contributed by atoms with E-state index < -0.39 is 0 Å². The van der Waals surface area contributed by atoms with Gasteiger partial charge in [-0.05, 0) is 30.9 Å². The maximum absolute atomic E-state index is 5.91. The molecular formula is C11H13ClN2S2. The lowest BCUT2D eigenvalue weighted by Crippen LogP contribution is -2.17. The van der Waals surface area contributed by atoms with Gasteiger partial charge in [0.1, 0.15) is 5.01 Å². The van der Waals surface area contributed by atoms with Crippen molar-refractivity contribution in [1.82, 2.24) is 10.3 Å². The van der Waals surface area contributed by atoms with Gasteiger partial charge < -0.3 is 5.32 Å². The number of halogens is 1. The number of rotatable bonds is 4. The molecule has 0 radical (unpaired) electrons. The highest BCUT2D eigenvalue weighted by Gasteiger charge is 2.08. The molecule has 1 N–H and O–H groups in total. The standard InChI is InChI=1S/C11H13ClN2S2/c1-7-4-14-11(16-7)5-13-8(2)9-3-10(12)15-6-9/h3-4,6,8,13H,5H2,1-2H3. The molecule has 2 aromatic rings. The number of hydrogen-bond donors (Lipinski definition) is 1. The van der Waals surface area contributed by atoms with Gasteiger partial charge in [0, 0.05) is 23.7 Å². The second-order valence-electron chi connectivity index (χ2n) is 3.65. The van der Waals surface area contributed by atoms with Crippen LogP contribution in [-0.4, -0.2) is 4.98 Å². The summed E-state index contributed by atoms with van der Waals surface area (Å²) < 4.78 is 0.841. The number of nitrogens with zero attached hydrogens (tertiary/aromatic N) is 1. The number of aromatic nitrogens is 1. The van der Waals surface area contributed by atoms with Gasteiger partial charge >= 0.3 is 0 Å². The first-order chi connectivity index (χ1) is 7.65. The Morgan fingerprint density at radius 2 is 2.38 bits per heavy atom. The monoisotopic (exact) mass is 272 g/mol. The van der Waals surface area contributed by atoms with Gasteiger partial charge in [-0.25, -0.2) is 4.98 Å². The van der Waals surface area contributed by atoms with Gasteiger partial charge in [0.05, 0.1) is 4.34 Å². The third kappa shape index (κ3) is 3.04. The van der Waals surface area contributed by atoms with Gasteiger partial charge in [0.25, 0.3) is 0 Å². The minimum atomic E-state index is 0.313. The summed E-state index contributed by atoms with van der Waals surface area (Å²) in [5.74, 6) is 0. The van der Waals surface area contributed by atoms with Gasteiger partial charge in [-0.3, -0.25) is 0 Å². The first-order valence-corrected chi connectivity index (χ1v) is 7.11. The molecule has 0 saturated carbocycles. The molecule has 0 aliphatic heterocycles. The number of thiazole rings is 1. The van der Waals surface area contributed by atoms with E-state index in [1.54, 1.807) is 22.7 Å². The molecule has 0 amide bonds. The lowest BCUT2D eigenvalue weighted by molar-refractivity contribution is 0.575. The molecule has 0 aliphatic rings. The summed E-state index contributed by atoms with van der Waals surface area (Å²) in [5, 5.41) is 6.66. The molecule has 0 fully saturated rings. The van der Waals surface area contributed by atoms with Crippen molar-refractivity contribution in [2.75, 3.05) is 0 Å². The van der Waals surface area contributed by atoms with Crippen LogP contribution in [0.3, 0.4) is 0 Å². The topological polar surface area (TPSA) is 24.9 Å². The van der Waals surface area contributed by atoms with Gasteiger partial charge in [0.15, 0.2) is 0 Å². The van der Waals surface area contributed by atoms with Gasteiger partial charge in [0.2, 0.25) is 0 Å². The molecule has 0 saturated heterocycles. The molecule has 2 heterocycles. The van der Waals surface area contributed by atoms with Gasteiger partial charge in [-0.15, -0.1) is 22.7 Å². The third-order valence-electron chi connectivity index (χ3n) is 2.32. The Hall–Kier alpha value is -0.420. The van der Waals surface area contributed by atoms with E-state index in [-0.39, 0.29) is 0 Å². The van der Waals surface area contributed by atoms with E-state index in [4.69, 9.17) is 11.6 Å². The second-order valence-corrected chi connectivity index (χ2v) is 6.51. The van der Waals surface area contributed by atoms with Crippen LogP contribution in [-0.2, 0) is 6.54 Å². The lowest BCUT2D eigenvalue weighted by atomic mass is 10.2. The molecule has 0 bridgehead atoms. The molecular weight excluding hydrogens is 260 g/mol. The summed E-state index contributed by atoms with van der Waals surface area (Å²) in [6.07, 6.45) is 1.91. The van der Waals surface area contributed by atoms with E-state index in [9.17, 15) is 0 Å². The number of aryl methyl sites for hydroxylation is 1. The van der Waals surface area contributed by atoms with E-state index in [0.29, 0.717) is 6.04 Å².